The first-order valence-corrected chi connectivity index (χ1v) is 10.7. The number of carbonyl (C=O) groups excluding carboxylic acids is 1. The third kappa shape index (κ3) is 4.83. The van der Waals surface area contributed by atoms with E-state index in [0.717, 1.165) is 20.0 Å². The van der Waals surface area contributed by atoms with E-state index in [1.54, 1.807) is 0 Å². The Balaban J connectivity index is 2.45. The van der Waals surface area contributed by atoms with Crippen molar-refractivity contribution < 1.29 is 9.53 Å². The quantitative estimate of drug-likeness (QED) is 0.387. The number of nitrogens with one attached hydrogen (secondary N) is 1. The van der Waals surface area contributed by atoms with Crippen LogP contribution in [0.25, 0.3) is 10.9 Å². The SMILES string of the molecule is CCC#CC(C)(NC(C)=O)C(Oc1nc2c(C)cccc2cc1I)SC. The average Bonchev–Trinajstić information content (AvgIpc) is 2.58. The predicted molar refractivity (Wildman–Crippen MR) is 117 cm³/mol. The van der Waals surface area contributed by atoms with Crippen LogP contribution in [0.5, 0.6) is 5.88 Å². The van der Waals surface area contributed by atoms with Crippen LogP contribution in [0.15, 0.2) is 24.3 Å². The number of pyridine rings is 1. The van der Waals surface area contributed by atoms with Crippen LogP contribution in [0.3, 0.4) is 0 Å². The molecule has 0 saturated carbocycles. The molecule has 6 heteroatoms. The molecule has 0 saturated heterocycles. The molecule has 4 nitrogen and oxygen atoms in total. The maximum atomic E-state index is 11.7. The lowest BCUT2D eigenvalue weighted by atomic mass is 10.0. The summed E-state index contributed by atoms with van der Waals surface area (Å²) in [5, 5.41) is 4.02. The molecule has 0 bridgehead atoms. The second kappa shape index (κ2) is 8.96. The lowest BCUT2D eigenvalue weighted by Gasteiger charge is -2.32. The van der Waals surface area contributed by atoms with E-state index < -0.39 is 11.0 Å². The molecule has 0 aliphatic rings. The molecule has 1 N–H and O–H groups in total. The standard InChI is InChI=1S/C20H23IN2O2S/c1-6-7-11-20(4,23-14(3)24)19(26-5)25-18-16(21)12-15-10-8-9-13(2)17(15)22-18/h8-10,12,19H,6H2,1-5H3,(H,23,24). The first kappa shape index (κ1) is 20.8. The largest absolute Gasteiger partial charge is 0.459 e. The number of hydrogen-bond acceptors (Lipinski definition) is 4. The third-order valence-electron chi connectivity index (χ3n) is 3.83. The van der Waals surface area contributed by atoms with Crippen molar-refractivity contribution in [2.75, 3.05) is 6.26 Å². The molecule has 2 atom stereocenters. The monoisotopic (exact) mass is 482 g/mol. The van der Waals surface area contributed by atoms with E-state index in [9.17, 15) is 4.79 Å². The van der Waals surface area contributed by atoms with E-state index in [-0.39, 0.29) is 5.91 Å². The summed E-state index contributed by atoms with van der Waals surface area (Å²) in [6.07, 6.45) is 2.65. The summed E-state index contributed by atoms with van der Waals surface area (Å²) in [6.45, 7) is 7.39. The molecular weight excluding hydrogens is 459 g/mol. The zero-order valence-electron chi connectivity index (χ0n) is 15.6. The van der Waals surface area contributed by atoms with Gasteiger partial charge in [0.25, 0.3) is 0 Å². The van der Waals surface area contributed by atoms with Gasteiger partial charge in [-0.3, -0.25) is 4.79 Å². The van der Waals surface area contributed by atoms with Gasteiger partial charge in [-0.05, 0) is 54.3 Å². The van der Waals surface area contributed by atoms with Crippen molar-refractivity contribution in [2.45, 2.75) is 45.1 Å². The van der Waals surface area contributed by atoms with Gasteiger partial charge in [0.05, 0.1) is 9.09 Å². The normalized spacial score (nSPS) is 14.1. The molecule has 0 fully saturated rings. The molecule has 0 aliphatic carbocycles. The highest BCUT2D eigenvalue weighted by molar-refractivity contribution is 14.1. The molecule has 0 aliphatic heterocycles. The fourth-order valence-corrected chi connectivity index (χ4v) is 4.04. The smallest absolute Gasteiger partial charge is 0.228 e. The summed E-state index contributed by atoms with van der Waals surface area (Å²) in [4.78, 5) is 16.5. The van der Waals surface area contributed by atoms with Gasteiger partial charge in [-0.1, -0.05) is 31.0 Å². The summed E-state index contributed by atoms with van der Waals surface area (Å²) in [5.41, 5.74) is 0.809. The molecule has 138 valence electrons. The molecule has 2 rings (SSSR count). The fourth-order valence-electron chi connectivity index (χ4n) is 2.68. The molecule has 1 amide bonds. The molecular formula is C20H23IN2O2S. The number of aryl methyl sites for hydroxylation is 1. The average molecular weight is 482 g/mol. The fraction of sp³-hybridized carbons (Fsp3) is 0.400. The van der Waals surface area contributed by atoms with Gasteiger partial charge in [0.2, 0.25) is 11.8 Å². The number of amides is 1. The van der Waals surface area contributed by atoms with Crippen LogP contribution in [-0.2, 0) is 4.79 Å². The van der Waals surface area contributed by atoms with E-state index in [4.69, 9.17) is 9.72 Å². The Kier molecular flexibility index (Phi) is 7.18. The van der Waals surface area contributed by atoms with Crippen LogP contribution in [-0.4, -0.2) is 28.1 Å². The first-order chi connectivity index (χ1) is 12.3. The lowest BCUT2D eigenvalue weighted by Crippen LogP contribution is -2.54. The highest BCUT2D eigenvalue weighted by Gasteiger charge is 2.36. The molecule has 0 spiro atoms. The molecule has 1 aromatic carbocycles. The number of aromatic nitrogens is 1. The molecule has 2 unspecified atom stereocenters. The Labute approximate surface area is 173 Å². The number of nitrogens with zero attached hydrogens (tertiary/aromatic N) is 1. The maximum Gasteiger partial charge on any atom is 0.228 e. The van der Waals surface area contributed by atoms with Gasteiger partial charge in [-0.25, -0.2) is 4.98 Å². The van der Waals surface area contributed by atoms with Gasteiger partial charge >= 0.3 is 0 Å². The van der Waals surface area contributed by atoms with Crippen LogP contribution in [0.1, 0.15) is 32.8 Å². The Morgan fingerprint density at radius 3 is 2.85 bits per heavy atom. The summed E-state index contributed by atoms with van der Waals surface area (Å²) in [5.74, 6) is 6.64. The number of ether oxygens (including phenoxy) is 1. The van der Waals surface area contributed by atoms with Gasteiger partial charge in [0.15, 0.2) is 5.44 Å². The number of benzene rings is 1. The van der Waals surface area contributed by atoms with Crippen LogP contribution >= 0.6 is 34.4 Å². The van der Waals surface area contributed by atoms with Crippen molar-refractivity contribution in [1.29, 1.82) is 0 Å². The van der Waals surface area contributed by atoms with Crippen molar-refractivity contribution in [3.05, 3.63) is 33.4 Å². The minimum absolute atomic E-state index is 0.141. The molecule has 1 heterocycles. The highest BCUT2D eigenvalue weighted by atomic mass is 127. The van der Waals surface area contributed by atoms with E-state index in [1.165, 1.54) is 18.7 Å². The Morgan fingerprint density at radius 1 is 1.50 bits per heavy atom. The number of halogens is 1. The summed E-state index contributed by atoms with van der Waals surface area (Å²) in [7, 11) is 0. The zero-order valence-corrected chi connectivity index (χ0v) is 18.6. The van der Waals surface area contributed by atoms with E-state index in [0.29, 0.717) is 12.3 Å². The zero-order chi connectivity index (χ0) is 19.3. The second-order valence-corrected chi connectivity index (χ2v) is 8.21. The Hall–Kier alpha value is -1.46. The van der Waals surface area contributed by atoms with E-state index >= 15 is 0 Å². The topological polar surface area (TPSA) is 51.2 Å². The third-order valence-corrected chi connectivity index (χ3v) is 5.60. The van der Waals surface area contributed by atoms with Crippen molar-refractivity contribution >= 4 is 51.2 Å². The van der Waals surface area contributed by atoms with Gasteiger partial charge in [-0.15, -0.1) is 17.7 Å². The number of fused-ring (bicyclic) bond motifs is 1. The second-order valence-electron chi connectivity index (χ2n) is 6.15. The van der Waals surface area contributed by atoms with Crippen LogP contribution in [0.2, 0.25) is 0 Å². The molecule has 2 aromatic rings. The number of para-hydroxylation sites is 1. The summed E-state index contributed by atoms with van der Waals surface area (Å²) >= 11 is 3.73. The number of rotatable bonds is 5. The molecule has 1 aromatic heterocycles. The Morgan fingerprint density at radius 2 is 2.23 bits per heavy atom. The molecule has 26 heavy (non-hydrogen) atoms. The summed E-state index contributed by atoms with van der Waals surface area (Å²) in [6, 6.07) is 8.17. The van der Waals surface area contributed by atoms with Crippen molar-refractivity contribution in [3.8, 4) is 17.7 Å². The van der Waals surface area contributed by atoms with Crippen molar-refractivity contribution in [2.24, 2.45) is 0 Å². The summed E-state index contributed by atoms with van der Waals surface area (Å²) < 4.78 is 7.17. The minimum Gasteiger partial charge on any atom is -0.459 e. The number of thioether (sulfide) groups is 1. The minimum atomic E-state index is -0.813. The van der Waals surface area contributed by atoms with Gasteiger partial charge in [0.1, 0.15) is 5.54 Å². The van der Waals surface area contributed by atoms with Gasteiger partial charge in [0, 0.05) is 18.7 Å². The predicted octanol–water partition coefficient (Wildman–Crippen LogP) is 4.52. The first-order valence-electron chi connectivity index (χ1n) is 8.34. The van der Waals surface area contributed by atoms with Crippen molar-refractivity contribution in [1.82, 2.24) is 10.3 Å². The van der Waals surface area contributed by atoms with Crippen LogP contribution in [0.4, 0.5) is 0 Å². The van der Waals surface area contributed by atoms with Crippen LogP contribution < -0.4 is 10.1 Å². The van der Waals surface area contributed by atoms with E-state index in [1.807, 2.05) is 45.2 Å². The van der Waals surface area contributed by atoms with Crippen LogP contribution in [0, 0.1) is 22.3 Å². The highest BCUT2D eigenvalue weighted by Crippen LogP contribution is 2.30. The number of carbonyl (C=O) groups is 1. The Bertz CT molecular complexity index is 875. The maximum absolute atomic E-state index is 11.7. The number of hydrogen-bond donors (Lipinski definition) is 1. The lowest BCUT2D eigenvalue weighted by molar-refractivity contribution is -0.120. The van der Waals surface area contributed by atoms with Gasteiger partial charge < -0.3 is 10.1 Å². The van der Waals surface area contributed by atoms with E-state index in [2.05, 4.69) is 45.8 Å². The molecule has 0 radical (unpaired) electrons. The van der Waals surface area contributed by atoms with Crippen molar-refractivity contribution in [3.63, 3.8) is 0 Å². The van der Waals surface area contributed by atoms with Gasteiger partial charge in [-0.2, -0.15) is 0 Å².